The number of likely N-dealkylation sites (N-methyl/N-ethyl adjacent to an activating group) is 1. The molecule has 2 rings (SSSR count). The van der Waals surface area contributed by atoms with Gasteiger partial charge in [0.15, 0.2) is 0 Å². The Kier molecular flexibility index (Phi) is 2.66. The summed E-state index contributed by atoms with van der Waals surface area (Å²) >= 11 is 0. The summed E-state index contributed by atoms with van der Waals surface area (Å²) in [6.45, 7) is 2.73. The fourth-order valence-electron chi connectivity index (χ4n) is 1.79. The lowest BCUT2D eigenvalue weighted by Gasteiger charge is -2.08. The van der Waals surface area contributed by atoms with Crippen molar-refractivity contribution < 1.29 is 0 Å². The van der Waals surface area contributed by atoms with Gasteiger partial charge in [-0.1, -0.05) is 30.3 Å². The fourth-order valence-corrected chi connectivity index (χ4v) is 1.79. The second-order valence-corrected chi connectivity index (χ2v) is 3.83. The second-order valence-electron chi connectivity index (χ2n) is 3.83. The Bertz CT molecular complexity index is 355. The number of hydrogen-bond donors (Lipinski definition) is 1. The largest absolute Gasteiger partial charge is 0.326 e. The maximum Gasteiger partial charge on any atom is 0.0237 e. The lowest BCUT2D eigenvalue weighted by atomic mass is 10.0. The van der Waals surface area contributed by atoms with Gasteiger partial charge in [-0.15, -0.1) is 0 Å². The molecule has 0 aromatic heterocycles. The van der Waals surface area contributed by atoms with Crippen LogP contribution in [-0.4, -0.2) is 25.0 Å². The smallest absolute Gasteiger partial charge is 0.0237 e. The average molecular weight is 188 g/mol. The molecular formula is C12H16N2. The molecule has 0 bridgehead atoms. The first kappa shape index (κ1) is 9.44. The van der Waals surface area contributed by atoms with Crippen LogP contribution in [0.3, 0.4) is 0 Å². The Morgan fingerprint density at radius 2 is 2.29 bits per heavy atom. The molecule has 1 aliphatic rings. The Morgan fingerprint density at radius 1 is 1.43 bits per heavy atom. The van der Waals surface area contributed by atoms with E-state index in [2.05, 4.69) is 42.3 Å². The Hall–Kier alpha value is -1.12. The molecule has 2 heteroatoms. The summed E-state index contributed by atoms with van der Waals surface area (Å²) < 4.78 is 0. The first-order valence-electron chi connectivity index (χ1n) is 4.96. The number of nitrogens with zero attached hydrogens (tertiary/aromatic N) is 1. The quantitative estimate of drug-likeness (QED) is 0.761. The van der Waals surface area contributed by atoms with Gasteiger partial charge >= 0.3 is 0 Å². The molecule has 0 radical (unpaired) electrons. The van der Waals surface area contributed by atoms with E-state index in [1.807, 2.05) is 0 Å². The van der Waals surface area contributed by atoms with Crippen molar-refractivity contribution in [3.8, 4) is 0 Å². The van der Waals surface area contributed by atoms with E-state index in [9.17, 15) is 0 Å². The van der Waals surface area contributed by atoms with E-state index in [0.29, 0.717) is 6.54 Å². The maximum atomic E-state index is 5.61. The van der Waals surface area contributed by atoms with Crippen LogP contribution in [0, 0.1) is 0 Å². The fraction of sp³-hybridized carbons (Fsp3) is 0.333. The third-order valence-corrected chi connectivity index (χ3v) is 2.62. The van der Waals surface area contributed by atoms with Crippen LogP contribution >= 0.6 is 0 Å². The molecule has 0 saturated heterocycles. The van der Waals surface area contributed by atoms with Crippen LogP contribution in [0.1, 0.15) is 11.1 Å². The highest BCUT2D eigenvalue weighted by Crippen LogP contribution is 2.20. The van der Waals surface area contributed by atoms with Crippen molar-refractivity contribution in [2.75, 3.05) is 20.1 Å². The molecule has 0 spiro atoms. The van der Waals surface area contributed by atoms with Gasteiger partial charge in [0.2, 0.25) is 0 Å². The molecule has 0 aliphatic carbocycles. The van der Waals surface area contributed by atoms with Gasteiger partial charge in [0.1, 0.15) is 0 Å². The van der Waals surface area contributed by atoms with Crippen molar-refractivity contribution in [2.24, 2.45) is 5.73 Å². The number of hydrogen-bond acceptors (Lipinski definition) is 2. The molecule has 0 unspecified atom stereocenters. The van der Waals surface area contributed by atoms with Gasteiger partial charge in [0.05, 0.1) is 0 Å². The predicted octanol–water partition coefficient (Wildman–Crippen LogP) is 1.47. The summed E-state index contributed by atoms with van der Waals surface area (Å²) in [5, 5.41) is 0. The minimum Gasteiger partial charge on any atom is -0.326 e. The van der Waals surface area contributed by atoms with Crippen molar-refractivity contribution in [1.82, 2.24) is 4.90 Å². The van der Waals surface area contributed by atoms with Gasteiger partial charge in [-0.3, -0.25) is 4.90 Å². The molecule has 0 fully saturated rings. The minimum atomic E-state index is 0.622. The summed E-state index contributed by atoms with van der Waals surface area (Å²) in [7, 11) is 2.14. The zero-order valence-corrected chi connectivity index (χ0v) is 8.53. The Labute approximate surface area is 85.0 Å². The summed E-state index contributed by atoms with van der Waals surface area (Å²) in [6, 6.07) is 8.49. The zero-order valence-electron chi connectivity index (χ0n) is 8.53. The summed E-state index contributed by atoms with van der Waals surface area (Å²) in [6.07, 6.45) is 2.29. The van der Waals surface area contributed by atoms with Crippen molar-refractivity contribution in [2.45, 2.75) is 6.54 Å². The van der Waals surface area contributed by atoms with Crippen LogP contribution in [0.25, 0.3) is 5.57 Å². The molecule has 2 nitrogen and oxygen atoms in total. The maximum absolute atomic E-state index is 5.61. The van der Waals surface area contributed by atoms with E-state index in [0.717, 1.165) is 13.1 Å². The monoisotopic (exact) mass is 188 g/mol. The van der Waals surface area contributed by atoms with Crippen molar-refractivity contribution >= 4 is 5.57 Å². The van der Waals surface area contributed by atoms with Crippen LogP contribution < -0.4 is 5.73 Å². The van der Waals surface area contributed by atoms with Gasteiger partial charge in [-0.2, -0.15) is 0 Å². The van der Waals surface area contributed by atoms with Crippen LogP contribution in [0.15, 0.2) is 30.3 Å². The van der Waals surface area contributed by atoms with Crippen molar-refractivity contribution in [3.05, 3.63) is 41.5 Å². The zero-order chi connectivity index (χ0) is 9.97. The highest BCUT2D eigenvalue weighted by molar-refractivity contribution is 5.69. The van der Waals surface area contributed by atoms with Crippen LogP contribution in [-0.2, 0) is 6.54 Å². The summed E-state index contributed by atoms with van der Waals surface area (Å²) in [5.74, 6) is 0. The van der Waals surface area contributed by atoms with Crippen LogP contribution in [0.2, 0.25) is 0 Å². The number of benzene rings is 1. The van der Waals surface area contributed by atoms with Gasteiger partial charge in [0.25, 0.3) is 0 Å². The van der Waals surface area contributed by atoms with Crippen molar-refractivity contribution in [1.29, 1.82) is 0 Å². The van der Waals surface area contributed by atoms with E-state index >= 15 is 0 Å². The number of nitrogens with two attached hydrogens (primary N) is 1. The highest BCUT2D eigenvalue weighted by Gasteiger charge is 2.11. The third-order valence-electron chi connectivity index (χ3n) is 2.62. The van der Waals surface area contributed by atoms with Crippen LogP contribution in [0.4, 0.5) is 0 Å². The van der Waals surface area contributed by atoms with Crippen molar-refractivity contribution in [3.63, 3.8) is 0 Å². The SMILES string of the molecule is CN1CC=C(c2cccc(CN)c2)C1. The van der Waals surface area contributed by atoms with E-state index in [-0.39, 0.29) is 0 Å². The van der Waals surface area contributed by atoms with E-state index in [4.69, 9.17) is 5.73 Å². The lowest BCUT2D eigenvalue weighted by Crippen LogP contribution is -2.13. The number of rotatable bonds is 2. The van der Waals surface area contributed by atoms with E-state index in [1.165, 1.54) is 16.7 Å². The molecule has 74 valence electrons. The van der Waals surface area contributed by atoms with E-state index < -0.39 is 0 Å². The molecule has 1 aromatic rings. The van der Waals surface area contributed by atoms with Gasteiger partial charge < -0.3 is 5.73 Å². The second kappa shape index (κ2) is 3.95. The molecule has 2 N–H and O–H groups in total. The minimum absolute atomic E-state index is 0.622. The molecular weight excluding hydrogens is 172 g/mol. The molecule has 1 heterocycles. The average Bonchev–Trinajstić information content (AvgIpc) is 2.65. The van der Waals surface area contributed by atoms with Gasteiger partial charge in [-0.25, -0.2) is 0 Å². The molecule has 14 heavy (non-hydrogen) atoms. The first-order chi connectivity index (χ1) is 6.79. The first-order valence-corrected chi connectivity index (χ1v) is 4.96. The molecule has 1 aromatic carbocycles. The predicted molar refractivity (Wildman–Crippen MR) is 59.8 cm³/mol. The standard InChI is InChI=1S/C12H16N2/c1-14-6-5-12(9-14)11-4-2-3-10(7-11)8-13/h2-5,7H,6,8-9,13H2,1H3. The molecule has 1 aliphatic heterocycles. The molecule has 0 atom stereocenters. The van der Waals surface area contributed by atoms with Gasteiger partial charge in [0, 0.05) is 19.6 Å². The van der Waals surface area contributed by atoms with E-state index in [1.54, 1.807) is 0 Å². The summed E-state index contributed by atoms with van der Waals surface area (Å²) in [4.78, 5) is 2.30. The Balaban J connectivity index is 2.24. The topological polar surface area (TPSA) is 29.3 Å². The lowest BCUT2D eigenvalue weighted by molar-refractivity contribution is 0.438. The van der Waals surface area contributed by atoms with Gasteiger partial charge in [-0.05, 0) is 23.7 Å². The Morgan fingerprint density at radius 3 is 2.93 bits per heavy atom. The third kappa shape index (κ3) is 1.86. The van der Waals surface area contributed by atoms with Crippen LogP contribution in [0.5, 0.6) is 0 Å². The highest BCUT2D eigenvalue weighted by atomic mass is 15.1. The molecule has 0 amide bonds. The normalized spacial score (nSPS) is 17.1. The summed E-state index contributed by atoms with van der Waals surface area (Å²) in [5.41, 5.74) is 9.56. The molecule has 0 saturated carbocycles.